The SMILES string of the molecule is CC(C)(CSc1cccc(Br)c1)C(=O)NN. The van der Waals surface area contributed by atoms with E-state index in [9.17, 15) is 4.79 Å². The van der Waals surface area contributed by atoms with Gasteiger partial charge in [0.2, 0.25) is 5.91 Å². The van der Waals surface area contributed by atoms with E-state index in [0.717, 1.165) is 9.37 Å². The van der Waals surface area contributed by atoms with Crippen LogP contribution in [0.15, 0.2) is 33.6 Å². The van der Waals surface area contributed by atoms with Gasteiger partial charge in [0.1, 0.15) is 0 Å². The van der Waals surface area contributed by atoms with Crippen molar-refractivity contribution in [1.29, 1.82) is 0 Å². The van der Waals surface area contributed by atoms with Gasteiger partial charge in [-0.15, -0.1) is 11.8 Å². The Bertz CT molecular complexity index is 382. The molecule has 0 aromatic heterocycles. The van der Waals surface area contributed by atoms with Crippen LogP contribution in [0.3, 0.4) is 0 Å². The third-order valence-corrected chi connectivity index (χ3v) is 4.09. The van der Waals surface area contributed by atoms with Crippen molar-refractivity contribution in [3.05, 3.63) is 28.7 Å². The Morgan fingerprint density at radius 3 is 2.81 bits per heavy atom. The summed E-state index contributed by atoms with van der Waals surface area (Å²) in [5.41, 5.74) is 1.72. The number of carbonyl (C=O) groups is 1. The molecule has 3 N–H and O–H groups in total. The molecule has 0 aliphatic rings. The number of amides is 1. The zero-order valence-corrected chi connectivity index (χ0v) is 11.7. The Morgan fingerprint density at radius 1 is 1.56 bits per heavy atom. The summed E-state index contributed by atoms with van der Waals surface area (Å²) in [6.07, 6.45) is 0. The average Bonchev–Trinajstić information content (AvgIpc) is 2.25. The minimum atomic E-state index is -0.471. The maximum Gasteiger partial charge on any atom is 0.240 e. The van der Waals surface area contributed by atoms with Crippen molar-refractivity contribution in [2.24, 2.45) is 11.3 Å². The van der Waals surface area contributed by atoms with Crippen LogP contribution in [0.25, 0.3) is 0 Å². The largest absolute Gasteiger partial charge is 0.294 e. The van der Waals surface area contributed by atoms with Gasteiger partial charge in [0.05, 0.1) is 5.41 Å². The van der Waals surface area contributed by atoms with Gasteiger partial charge in [-0.3, -0.25) is 10.2 Å². The predicted molar refractivity (Wildman–Crippen MR) is 71.0 cm³/mol. The molecule has 0 heterocycles. The second-order valence-corrected chi connectivity index (χ2v) is 6.07. The molecule has 88 valence electrons. The Hall–Kier alpha value is -0.520. The second kappa shape index (κ2) is 5.70. The van der Waals surface area contributed by atoms with E-state index < -0.39 is 5.41 Å². The van der Waals surface area contributed by atoms with Gasteiger partial charge < -0.3 is 0 Å². The average molecular weight is 303 g/mol. The smallest absolute Gasteiger partial charge is 0.240 e. The highest BCUT2D eigenvalue weighted by Gasteiger charge is 2.26. The number of thioether (sulfide) groups is 1. The Labute approximate surface area is 108 Å². The van der Waals surface area contributed by atoms with Gasteiger partial charge >= 0.3 is 0 Å². The third-order valence-electron chi connectivity index (χ3n) is 2.14. The van der Waals surface area contributed by atoms with Crippen LogP contribution in [-0.4, -0.2) is 11.7 Å². The van der Waals surface area contributed by atoms with E-state index in [-0.39, 0.29) is 5.91 Å². The number of nitrogens with two attached hydrogens (primary N) is 1. The molecule has 1 amide bonds. The lowest BCUT2D eigenvalue weighted by Crippen LogP contribution is -2.42. The molecule has 1 aromatic rings. The molecule has 0 fully saturated rings. The van der Waals surface area contributed by atoms with E-state index in [1.807, 2.05) is 38.1 Å². The van der Waals surface area contributed by atoms with Gasteiger partial charge in [-0.25, -0.2) is 5.84 Å². The summed E-state index contributed by atoms with van der Waals surface area (Å²) in [4.78, 5) is 12.6. The maximum absolute atomic E-state index is 11.5. The molecule has 0 bridgehead atoms. The monoisotopic (exact) mass is 302 g/mol. The van der Waals surface area contributed by atoms with Gasteiger partial charge in [-0.1, -0.05) is 35.8 Å². The van der Waals surface area contributed by atoms with Crippen LogP contribution in [0.2, 0.25) is 0 Å². The highest BCUT2D eigenvalue weighted by molar-refractivity contribution is 9.10. The van der Waals surface area contributed by atoms with Crippen LogP contribution >= 0.6 is 27.7 Å². The number of nitrogens with one attached hydrogen (secondary N) is 1. The van der Waals surface area contributed by atoms with Crippen LogP contribution in [0.4, 0.5) is 0 Å². The summed E-state index contributed by atoms with van der Waals surface area (Å²) in [6, 6.07) is 8.00. The number of hydrogen-bond acceptors (Lipinski definition) is 3. The summed E-state index contributed by atoms with van der Waals surface area (Å²) in [5, 5.41) is 0. The van der Waals surface area contributed by atoms with E-state index in [1.165, 1.54) is 0 Å². The molecule has 1 aromatic carbocycles. The molecule has 0 saturated heterocycles. The summed E-state index contributed by atoms with van der Waals surface area (Å²) in [7, 11) is 0. The molecular weight excluding hydrogens is 288 g/mol. The van der Waals surface area contributed by atoms with Crippen LogP contribution < -0.4 is 11.3 Å². The van der Waals surface area contributed by atoms with Crippen molar-refractivity contribution >= 4 is 33.6 Å². The van der Waals surface area contributed by atoms with Crippen molar-refractivity contribution in [3.63, 3.8) is 0 Å². The molecule has 1 rings (SSSR count). The van der Waals surface area contributed by atoms with Gasteiger partial charge in [0.25, 0.3) is 0 Å². The van der Waals surface area contributed by atoms with E-state index in [0.29, 0.717) is 5.75 Å². The topological polar surface area (TPSA) is 55.1 Å². The molecule has 0 aliphatic heterocycles. The van der Waals surface area contributed by atoms with Gasteiger partial charge in [0.15, 0.2) is 0 Å². The standard InChI is InChI=1S/C11H15BrN2OS/c1-11(2,10(15)14-13)7-16-9-5-3-4-8(12)6-9/h3-6H,7,13H2,1-2H3,(H,14,15). The number of hydrogen-bond donors (Lipinski definition) is 2. The highest BCUT2D eigenvalue weighted by Crippen LogP contribution is 2.29. The number of carbonyl (C=O) groups excluding carboxylic acids is 1. The molecule has 0 aliphatic carbocycles. The molecule has 16 heavy (non-hydrogen) atoms. The van der Waals surface area contributed by atoms with Crippen molar-refractivity contribution < 1.29 is 4.79 Å². The van der Waals surface area contributed by atoms with Crippen molar-refractivity contribution in [3.8, 4) is 0 Å². The van der Waals surface area contributed by atoms with Gasteiger partial charge in [-0.2, -0.15) is 0 Å². The Balaban J connectivity index is 2.61. The van der Waals surface area contributed by atoms with E-state index in [4.69, 9.17) is 5.84 Å². The first-order valence-corrected chi connectivity index (χ1v) is 6.63. The maximum atomic E-state index is 11.5. The van der Waals surface area contributed by atoms with Crippen LogP contribution in [0.5, 0.6) is 0 Å². The van der Waals surface area contributed by atoms with Crippen LogP contribution in [0.1, 0.15) is 13.8 Å². The molecule has 0 atom stereocenters. The molecule has 3 nitrogen and oxygen atoms in total. The van der Waals surface area contributed by atoms with Crippen molar-refractivity contribution in [2.75, 3.05) is 5.75 Å². The first-order chi connectivity index (χ1) is 7.45. The number of hydrazine groups is 1. The zero-order valence-electron chi connectivity index (χ0n) is 9.29. The van der Waals surface area contributed by atoms with E-state index >= 15 is 0 Å². The third kappa shape index (κ3) is 3.81. The zero-order chi connectivity index (χ0) is 12.2. The fourth-order valence-corrected chi connectivity index (χ4v) is 2.68. The number of benzene rings is 1. The predicted octanol–water partition coefficient (Wildman–Crippen LogP) is 2.56. The molecule has 0 radical (unpaired) electrons. The van der Waals surface area contributed by atoms with Gasteiger partial charge in [-0.05, 0) is 18.2 Å². The molecule has 0 unspecified atom stereocenters. The normalized spacial score (nSPS) is 11.2. The fraction of sp³-hybridized carbons (Fsp3) is 0.364. The molecule has 0 saturated carbocycles. The van der Waals surface area contributed by atoms with E-state index in [2.05, 4.69) is 21.4 Å². The minimum absolute atomic E-state index is 0.144. The molecule has 5 heteroatoms. The lowest BCUT2D eigenvalue weighted by molar-refractivity contribution is -0.128. The van der Waals surface area contributed by atoms with E-state index in [1.54, 1.807) is 11.8 Å². The Kier molecular flexibility index (Phi) is 4.83. The number of rotatable bonds is 4. The lowest BCUT2D eigenvalue weighted by Gasteiger charge is -2.21. The van der Waals surface area contributed by atoms with Crippen LogP contribution in [0, 0.1) is 5.41 Å². The molecule has 0 spiro atoms. The van der Waals surface area contributed by atoms with Crippen molar-refractivity contribution in [1.82, 2.24) is 5.43 Å². The summed E-state index contributed by atoms with van der Waals surface area (Å²) in [5.74, 6) is 5.68. The highest BCUT2D eigenvalue weighted by atomic mass is 79.9. The summed E-state index contributed by atoms with van der Waals surface area (Å²) >= 11 is 5.05. The number of halogens is 1. The Morgan fingerprint density at radius 2 is 2.25 bits per heavy atom. The lowest BCUT2D eigenvalue weighted by atomic mass is 9.96. The summed E-state index contributed by atoms with van der Waals surface area (Å²) in [6.45, 7) is 3.75. The van der Waals surface area contributed by atoms with Crippen LogP contribution in [-0.2, 0) is 4.79 Å². The summed E-state index contributed by atoms with van der Waals surface area (Å²) < 4.78 is 1.04. The first-order valence-electron chi connectivity index (χ1n) is 4.85. The molecular formula is C11H15BrN2OS. The van der Waals surface area contributed by atoms with Crippen molar-refractivity contribution in [2.45, 2.75) is 18.7 Å². The van der Waals surface area contributed by atoms with Gasteiger partial charge in [0, 0.05) is 15.1 Å². The second-order valence-electron chi connectivity index (χ2n) is 4.10. The minimum Gasteiger partial charge on any atom is -0.294 e. The quantitative estimate of drug-likeness (QED) is 0.389. The fourth-order valence-electron chi connectivity index (χ4n) is 1.08. The first kappa shape index (κ1) is 13.5.